The summed E-state index contributed by atoms with van der Waals surface area (Å²) in [5.74, 6) is 1.73. The molecule has 0 N–H and O–H groups in total. The Morgan fingerprint density at radius 1 is 0.920 bits per heavy atom. The number of piperazine rings is 1. The molecular weight excluding hydrogens is 316 g/mol. The van der Waals surface area contributed by atoms with Gasteiger partial charge in [-0.2, -0.15) is 5.10 Å². The third-order valence-corrected chi connectivity index (χ3v) is 5.04. The van der Waals surface area contributed by atoms with Crippen LogP contribution in [-0.4, -0.2) is 59.1 Å². The first kappa shape index (κ1) is 16.4. The first-order valence-corrected chi connectivity index (χ1v) is 9.02. The number of benzene rings is 1. The highest BCUT2D eigenvalue weighted by atomic mass is 16.7. The van der Waals surface area contributed by atoms with E-state index in [-0.39, 0.29) is 0 Å². The number of fused-ring (bicyclic) bond motifs is 1. The van der Waals surface area contributed by atoms with Crippen molar-refractivity contribution in [3.8, 4) is 11.5 Å². The lowest BCUT2D eigenvalue weighted by atomic mass is 10.1. The van der Waals surface area contributed by atoms with E-state index < -0.39 is 0 Å². The molecular formula is C19H26N4O2. The van der Waals surface area contributed by atoms with Crippen LogP contribution in [0.15, 0.2) is 24.3 Å². The van der Waals surface area contributed by atoms with Gasteiger partial charge in [-0.05, 0) is 37.6 Å². The quantitative estimate of drug-likeness (QED) is 0.832. The van der Waals surface area contributed by atoms with Crippen LogP contribution in [0.25, 0.3) is 0 Å². The van der Waals surface area contributed by atoms with Crippen LogP contribution in [0.3, 0.4) is 0 Å². The van der Waals surface area contributed by atoms with Gasteiger partial charge in [0.15, 0.2) is 11.5 Å². The van der Waals surface area contributed by atoms with Gasteiger partial charge in [0.2, 0.25) is 6.79 Å². The maximum atomic E-state index is 5.47. The predicted molar refractivity (Wildman–Crippen MR) is 96.0 cm³/mol. The fourth-order valence-corrected chi connectivity index (χ4v) is 3.61. The molecule has 25 heavy (non-hydrogen) atoms. The smallest absolute Gasteiger partial charge is 0.231 e. The van der Waals surface area contributed by atoms with Crippen LogP contribution < -0.4 is 9.47 Å². The molecule has 0 bridgehead atoms. The van der Waals surface area contributed by atoms with Gasteiger partial charge in [0.25, 0.3) is 0 Å². The lowest BCUT2D eigenvalue weighted by Gasteiger charge is -2.34. The second kappa shape index (κ2) is 7.06. The standard InChI is InChI=1S/C19H26N4O2/c1-15-11-16(2)23(20-15)10-9-21-5-7-22(8-6-21)13-17-3-4-18-19(12-17)25-14-24-18/h3-4,11-12H,5-10,13-14H2,1-2H3. The molecule has 1 aromatic heterocycles. The predicted octanol–water partition coefficient (Wildman–Crippen LogP) is 2.05. The van der Waals surface area contributed by atoms with Crippen LogP contribution in [-0.2, 0) is 13.1 Å². The first-order chi connectivity index (χ1) is 12.2. The van der Waals surface area contributed by atoms with Crippen LogP contribution in [0, 0.1) is 13.8 Å². The van der Waals surface area contributed by atoms with Gasteiger partial charge in [-0.1, -0.05) is 6.07 Å². The van der Waals surface area contributed by atoms with Crippen LogP contribution in [0.1, 0.15) is 17.0 Å². The second-order valence-electron chi connectivity index (χ2n) is 6.96. The maximum absolute atomic E-state index is 5.47. The summed E-state index contributed by atoms with van der Waals surface area (Å²) in [6.07, 6.45) is 0. The van der Waals surface area contributed by atoms with E-state index in [2.05, 4.69) is 51.6 Å². The monoisotopic (exact) mass is 342 g/mol. The molecule has 0 spiro atoms. The molecule has 0 atom stereocenters. The Bertz CT molecular complexity index is 735. The van der Waals surface area contributed by atoms with Crippen molar-refractivity contribution < 1.29 is 9.47 Å². The zero-order valence-corrected chi connectivity index (χ0v) is 15.1. The van der Waals surface area contributed by atoms with Crippen molar-refractivity contribution in [3.05, 3.63) is 41.2 Å². The molecule has 4 rings (SSSR count). The van der Waals surface area contributed by atoms with Crippen molar-refractivity contribution in [1.29, 1.82) is 0 Å². The van der Waals surface area contributed by atoms with E-state index >= 15 is 0 Å². The average molecular weight is 342 g/mol. The Morgan fingerprint density at radius 3 is 2.44 bits per heavy atom. The summed E-state index contributed by atoms with van der Waals surface area (Å²) in [6, 6.07) is 8.41. The van der Waals surface area contributed by atoms with Crippen molar-refractivity contribution in [2.75, 3.05) is 39.5 Å². The number of hydrogen-bond donors (Lipinski definition) is 0. The Kier molecular flexibility index (Phi) is 4.63. The molecule has 0 amide bonds. The maximum Gasteiger partial charge on any atom is 0.231 e. The lowest BCUT2D eigenvalue weighted by molar-refractivity contribution is 0.123. The molecule has 6 heteroatoms. The fourth-order valence-electron chi connectivity index (χ4n) is 3.61. The SMILES string of the molecule is Cc1cc(C)n(CCN2CCN(Cc3ccc4c(c3)OCO4)CC2)n1. The molecule has 0 saturated carbocycles. The Labute approximate surface area is 148 Å². The topological polar surface area (TPSA) is 42.8 Å². The molecule has 3 heterocycles. The average Bonchev–Trinajstić information content (AvgIpc) is 3.19. The molecule has 1 fully saturated rings. The van der Waals surface area contributed by atoms with E-state index in [1.165, 1.54) is 11.3 Å². The summed E-state index contributed by atoms with van der Waals surface area (Å²) in [7, 11) is 0. The minimum absolute atomic E-state index is 0.340. The zero-order valence-electron chi connectivity index (χ0n) is 15.1. The van der Waals surface area contributed by atoms with Gasteiger partial charge in [-0.15, -0.1) is 0 Å². The van der Waals surface area contributed by atoms with Crippen LogP contribution in [0.2, 0.25) is 0 Å². The normalized spacial score (nSPS) is 18.0. The minimum Gasteiger partial charge on any atom is -0.454 e. The van der Waals surface area contributed by atoms with Crippen LogP contribution in [0.4, 0.5) is 0 Å². The number of aromatic nitrogens is 2. The number of nitrogens with zero attached hydrogens (tertiary/aromatic N) is 4. The fraction of sp³-hybridized carbons (Fsp3) is 0.526. The van der Waals surface area contributed by atoms with Crippen molar-refractivity contribution in [2.24, 2.45) is 0 Å². The van der Waals surface area contributed by atoms with Gasteiger partial charge in [0.1, 0.15) is 0 Å². The summed E-state index contributed by atoms with van der Waals surface area (Å²) >= 11 is 0. The van der Waals surface area contributed by atoms with Crippen LogP contribution in [0.5, 0.6) is 11.5 Å². The van der Waals surface area contributed by atoms with E-state index in [0.717, 1.165) is 63.0 Å². The number of ether oxygens (including phenoxy) is 2. The van der Waals surface area contributed by atoms with Gasteiger partial charge >= 0.3 is 0 Å². The zero-order chi connectivity index (χ0) is 17.2. The molecule has 2 aliphatic heterocycles. The second-order valence-corrected chi connectivity index (χ2v) is 6.96. The van der Waals surface area contributed by atoms with Crippen molar-refractivity contribution in [2.45, 2.75) is 26.9 Å². The summed E-state index contributed by atoms with van der Waals surface area (Å²) in [4.78, 5) is 5.05. The molecule has 0 unspecified atom stereocenters. The summed E-state index contributed by atoms with van der Waals surface area (Å²) in [5.41, 5.74) is 3.64. The third-order valence-electron chi connectivity index (χ3n) is 5.04. The molecule has 1 saturated heterocycles. The summed E-state index contributed by atoms with van der Waals surface area (Å²) < 4.78 is 13.0. The van der Waals surface area contributed by atoms with Gasteiger partial charge < -0.3 is 9.47 Å². The summed E-state index contributed by atoms with van der Waals surface area (Å²) in [6.45, 7) is 12.0. The molecule has 6 nitrogen and oxygen atoms in total. The summed E-state index contributed by atoms with van der Waals surface area (Å²) in [5, 5.41) is 4.55. The molecule has 0 aliphatic carbocycles. The van der Waals surface area contributed by atoms with Crippen LogP contribution >= 0.6 is 0 Å². The molecule has 0 radical (unpaired) electrons. The number of hydrogen-bond acceptors (Lipinski definition) is 5. The van der Waals surface area contributed by atoms with E-state index in [4.69, 9.17) is 9.47 Å². The molecule has 2 aromatic rings. The van der Waals surface area contributed by atoms with Gasteiger partial charge in [-0.25, -0.2) is 0 Å². The van der Waals surface area contributed by atoms with E-state index in [1.54, 1.807) is 0 Å². The van der Waals surface area contributed by atoms with E-state index in [1.807, 2.05) is 6.07 Å². The van der Waals surface area contributed by atoms with E-state index in [0.29, 0.717) is 6.79 Å². The van der Waals surface area contributed by atoms with Crippen molar-refractivity contribution in [3.63, 3.8) is 0 Å². The molecule has 134 valence electrons. The Balaban J connectivity index is 1.25. The first-order valence-electron chi connectivity index (χ1n) is 9.02. The van der Waals surface area contributed by atoms with E-state index in [9.17, 15) is 0 Å². The third kappa shape index (κ3) is 3.80. The highest BCUT2D eigenvalue weighted by molar-refractivity contribution is 5.44. The Hall–Kier alpha value is -2.05. The van der Waals surface area contributed by atoms with Gasteiger partial charge in [-0.3, -0.25) is 14.5 Å². The highest BCUT2D eigenvalue weighted by Crippen LogP contribution is 2.32. The van der Waals surface area contributed by atoms with Gasteiger partial charge in [0.05, 0.1) is 12.2 Å². The number of aryl methyl sites for hydroxylation is 2. The molecule has 1 aromatic carbocycles. The van der Waals surface area contributed by atoms with Crippen molar-refractivity contribution in [1.82, 2.24) is 19.6 Å². The minimum atomic E-state index is 0.340. The number of rotatable bonds is 5. The lowest BCUT2D eigenvalue weighted by Crippen LogP contribution is -2.46. The highest BCUT2D eigenvalue weighted by Gasteiger charge is 2.19. The largest absolute Gasteiger partial charge is 0.454 e. The van der Waals surface area contributed by atoms with Crippen molar-refractivity contribution >= 4 is 0 Å². The van der Waals surface area contributed by atoms with Gasteiger partial charge in [0, 0.05) is 45.0 Å². The Morgan fingerprint density at radius 2 is 1.68 bits per heavy atom. The molecule has 2 aliphatic rings.